The normalized spacial score (nSPS) is 13.2. The fraction of sp³-hybridized carbons (Fsp3) is 0.273. The molecule has 2 rings (SSSR count). The lowest BCUT2D eigenvalue weighted by Gasteiger charge is -2.18. The van der Waals surface area contributed by atoms with Crippen LogP contribution in [0.15, 0.2) is 29.3 Å². The third-order valence-electron chi connectivity index (χ3n) is 2.76. The molecular weight excluding hydrogens is 295 g/mol. The summed E-state index contributed by atoms with van der Waals surface area (Å²) in [5.74, 6) is 0. The van der Waals surface area contributed by atoms with E-state index < -0.39 is 22.7 Å². The second kappa shape index (κ2) is 4.67. The highest BCUT2D eigenvalue weighted by Crippen LogP contribution is 2.28. The van der Waals surface area contributed by atoms with Crippen LogP contribution in [0.2, 0.25) is 0 Å². The summed E-state index contributed by atoms with van der Waals surface area (Å²) in [5, 5.41) is 0.263. The Labute approximate surface area is 113 Å². The maximum Gasteiger partial charge on any atom is 0.402 e. The second-order valence-corrected chi connectivity index (χ2v) is 6.35. The summed E-state index contributed by atoms with van der Waals surface area (Å²) in [6, 6.07) is 4.53. The molecule has 5 nitrogen and oxygen atoms in total. The number of fused-ring (bicyclic) bond motifs is 1. The largest absolute Gasteiger partial charge is 0.402 e. The van der Waals surface area contributed by atoms with Gasteiger partial charge in [-0.2, -0.15) is 17.5 Å². The van der Waals surface area contributed by atoms with Crippen molar-refractivity contribution >= 4 is 26.6 Å². The monoisotopic (exact) mass is 307 g/mol. The quantitative estimate of drug-likeness (QED) is 0.850. The Morgan fingerprint density at radius 3 is 2.60 bits per heavy atom. The summed E-state index contributed by atoms with van der Waals surface area (Å²) in [6.45, 7) is -1.55. The first-order chi connectivity index (χ1) is 9.11. The Morgan fingerprint density at radius 1 is 1.35 bits per heavy atom. The molecule has 0 saturated heterocycles. The molecule has 0 spiro atoms. The Balaban J connectivity index is 2.49. The number of aromatic nitrogens is 1. The van der Waals surface area contributed by atoms with Gasteiger partial charge in [-0.25, -0.2) is 8.42 Å². The van der Waals surface area contributed by atoms with Crippen LogP contribution in [-0.2, 0) is 10.0 Å². The third kappa shape index (κ3) is 2.73. The first kappa shape index (κ1) is 14.7. The van der Waals surface area contributed by atoms with Crippen LogP contribution in [0, 0.1) is 0 Å². The minimum Gasteiger partial charge on any atom is -0.399 e. The lowest BCUT2D eigenvalue weighted by atomic mass is 10.2. The molecule has 110 valence electrons. The molecule has 0 aliphatic heterocycles. The van der Waals surface area contributed by atoms with Gasteiger partial charge in [-0.15, -0.1) is 0 Å². The minimum atomic E-state index is -4.60. The van der Waals surface area contributed by atoms with Gasteiger partial charge in [0.25, 0.3) is 0 Å². The molecule has 2 aromatic rings. The number of alkyl halides is 3. The topological polar surface area (TPSA) is 79.2 Å². The van der Waals surface area contributed by atoms with Crippen molar-refractivity contribution in [1.29, 1.82) is 0 Å². The predicted molar refractivity (Wildman–Crippen MR) is 68.6 cm³/mol. The van der Waals surface area contributed by atoms with Crippen LogP contribution in [0.4, 0.5) is 18.9 Å². The van der Waals surface area contributed by atoms with Gasteiger partial charge >= 0.3 is 6.18 Å². The average Bonchev–Trinajstić information content (AvgIpc) is 2.69. The number of nitrogen functional groups attached to an aromatic ring is 1. The number of nitrogens with two attached hydrogens (primary N) is 1. The SMILES string of the molecule is CN(CC(F)(F)F)S(=O)(=O)c1c[nH]c2ccc(N)cc12. The molecule has 0 atom stereocenters. The zero-order valence-corrected chi connectivity index (χ0v) is 11.2. The predicted octanol–water partition coefficient (Wildman–Crippen LogP) is 1.93. The number of H-pyrrole nitrogens is 1. The molecule has 1 aromatic heterocycles. The van der Waals surface area contributed by atoms with Gasteiger partial charge in [-0.05, 0) is 18.2 Å². The van der Waals surface area contributed by atoms with Crippen LogP contribution >= 0.6 is 0 Å². The summed E-state index contributed by atoms with van der Waals surface area (Å²) < 4.78 is 61.6. The second-order valence-electron chi connectivity index (χ2n) is 4.33. The van der Waals surface area contributed by atoms with Crippen molar-refractivity contribution in [2.75, 3.05) is 19.3 Å². The van der Waals surface area contributed by atoms with Gasteiger partial charge in [0.15, 0.2) is 0 Å². The first-order valence-corrected chi connectivity index (χ1v) is 6.95. The van der Waals surface area contributed by atoms with Gasteiger partial charge < -0.3 is 10.7 Å². The minimum absolute atomic E-state index is 0.230. The van der Waals surface area contributed by atoms with Gasteiger partial charge in [-0.1, -0.05) is 0 Å². The number of aromatic amines is 1. The molecular formula is C11H12F3N3O2S. The van der Waals surface area contributed by atoms with E-state index in [1.807, 2.05) is 0 Å². The molecule has 9 heteroatoms. The molecule has 3 N–H and O–H groups in total. The molecule has 0 radical (unpaired) electrons. The number of sulfonamides is 1. The van der Waals surface area contributed by atoms with E-state index >= 15 is 0 Å². The number of nitrogens with one attached hydrogen (secondary N) is 1. The molecule has 0 saturated carbocycles. The van der Waals surface area contributed by atoms with Crippen molar-refractivity contribution in [3.8, 4) is 0 Å². The van der Waals surface area contributed by atoms with E-state index in [9.17, 15) is 21.6 Å². The fourth-order valence-electron chi connectivity index (χ4n) is 1.83. The smallest absolute Gasteiger partial charge is 0.399 e. The Kier molecular flexibility index (Phi) is 3.42. The van der Waals surface area contributed by atoms with Gasteiger partial charge in [0.2, 0.25) is 10.0 Å². The van der Waals surface area contributed by atoms with Gasteiger partial charge in [0, 0.05) is 29.8 Å². The summed E-state index contributed by atoms with van der Waals surface area (Å²) in [6.07, 6.45) is -3.45. The van der Waals surface area contributed by atoms with E-state index in [0.717, 1.165) is 13.2 Å². The van der Waals surface area contributed by atoms with Crippen molar-refractivity contribution in [3.05, 3.63) is 24.4 Å². The Hall–Kier alpha value is -1.74. The zero-order chi connectivity index (χ0) is 15.1. The van der Waals surface area contributed by atoms with E-state index in [1.165, 1.54) is 6.07 Å². The van der Waals surface area contributed by atoms with Crippen LogP contribution in [-0.4, -0.2) is 37.5 Å². The van der Waals surface area contributed by atoms with E-state index in [0.29, 0.717) is 11.2 Å². The van der Waals surface area contributed by atoms with Crippen LogP contribution in [0.1, 0.15) is 0 Å². The molecule has 0 aliphatic carbocycles. The first-order valence-electron chi connectivity index (χ1n) is 5.51. The number of nitrogens with zero attached hydrogens (tertiary/aromatic N) is 1. The van der Waals surface area contributed by atoms with E-state index in [1.54, 1.807) is 12.1 Å². The highest BCUT2D eigenvalue weighted by atomic mass is 32.2. The van der Waals surface area contributed by atoms with Crippen molar-refractivity contribution in [2.45, 2.75) is 11.1 Å². The van der Waals surface area contributed by atoms with Gasteiger partial charge in [0.1, 0.15) is 11.4 Å². The molecule has 20 heavy (non-hydrogen) atoms. The zero-order valence-electron chi connectivity index (χ0n) is 10.4. The summed E-state index contributed by atoms with van der Waals surface area (Å²) in [4.78, 5) is 2.47. The van der Waals surface area contributed by atoms with Crippen molar-refractivity contribution in [2.24, 2.45) is 0 Å². The van der Waals surface area contributed by atoms with Gasteiger partial charge in [-0.3, -0.25) is 0 Å². The van der Waals surface area contributed by atoms with Crippen LogP contribution in [0.5, 0.6) is 0 Å². The molecule has 0 fully saturated rings. The Bertz CT molecular complexity index is 737. The Morgan fingerprint density at radius 2 is 2.00 bits per heavy atom. The number of rotatable bonds is 3. The molecule has 0 unspecified atom stereocenters. The van der Waals surface area contributed by atoms with Crippen LogP contribution < -0.4 is 5.73 Å². The van der Waals surface area contributed by atoms with Crippen molar-refractivity contribution < 1.29 is 21.6 Å². The summed E-state index contributed by atoms with van der Waals surface area (Å²) in [5.41, 5.74) is 6.38. The molecule has 0 aliphatic rings. The molecule has 0 amide bonds. The van der Waals surface area contributed by atoms with Crippen LogP contribution in [0.25, 0.3) is 10.9 Å². The van der Waals surface area contributed by atoms with Crippen LogP contribution in [0.3, 0.4) is 0 Å². The maximum atomic E-state index is 12.3. The number of halogens is 3. The maximum absolute atomic E-state index is 12.3. The summed E-state index contributed by atoms with van der Waals surface area (Å²) >= 11 is 0. The lowest BCUT2D eigenvalue weighted by Crippen LogP contribution is -2.35. The van der Waals surface area contributed by atoms with Gasteiger partial charge in [0.05, 0.1) is 0 Å². The number of hydrogen-bond donors (Lipinski definition) is 2. The van der Waals surface area contributed by atoms with E-state index in [-0.39, 0.29) is 14.6 Å². The third-order valence-corrected chi connectivity index (χ3v) is 4.60. The van der Waals surface area contributed by atoms with E-state index in [2.05, 4.69) is 4.98 Å². The number of hydrogen-bond acceptors (Lipinski definition) is 3. The van der Waals surface area contributed by atoms with Crippen molar-refractivity contribution in [3.63, 3.8) is 0 Å². The molecule has 1 aromatic carbocycles. The average molecular weight is 307 g/mol. The standard InChI is InChI=1S/C11H12F3N3O2S/c1-17(6-11(12,13)14)20(18,19)10-5-16-9-3-2-7(15)4-8(9)10/h2-5,16H,6,15H2,1H3. The fourth-order valence-corrected chi connectivity index (χ4v) is 3.14. The highest BCUT2D eigenvalue weighted by molar-refractivity contribution is 7.89. The summed E-state index contributed by atoms with van der Waals surface area (Å²) in [7, 11) is -3.36. The molecule has 1 heterocycles. The highest BCUT2D eigenvalue weighted by Gasteiger charge is 2.35. The number of benzene rings is 1. The van der Waals surface area contributed by atoms with E-state index in [4.69, 9.17) is 5.73 Å². The lowest BCUT2D eigenvalue weighted by molar-refractivity contribution is -0.134. The molecule has 0 bridgehead atoms. The van der Waals surface area contributed by atoms with Crippen molar-refractivity contribution in [1.82, 2.24) is 9.29 Å². The number of anilines is 1.